The summed E-state index contributed by atoms with van der Waals surface area (Å²) in [5.74, 6) is 1.21. The van der Waals surface area contributed by atoms with Crippen LogP contribution in [0.25, 0.3) is 10.8 Å². The molecular formula is C12H15N3O2S. The zero-order chi connectivity index (χ0) is 12.4. The number of hydrogen-bond donors (Lipinski definition) is 1. The molecule has 2 N–H and O–H groups in total. The van der Waals surface area contributed by atoms with E-state index in [1.807, 2.05) is 11.4 Å². The van der Waals surface area contributed by atoms with Crippen molar-refractivity contribution in [2.45, 2.75) is 31.8 Å². The molecular weight excluding hydrogens is 250 g/mol. The lowest BCUT2D eigenvalue weighted by Gasteiger charge is -2.20. The molecule has 3 heterocycles. The highest BCUT2D eigenvalue weighted by Gasteiger charge is 2.19. The van der Waals surface area contributed by atoms with E-state index in [-0.39, 0.29) is 6.10 Å². The van der Waals surface area contributed by atoms with Crippen molar-refractivity contribution < 1.29 is 9.26 Å². The molecule has 0 saturated carbocycles. The first-order chi connectivity index (χ1) is 8.83. The van der Waals surface area contributed by atoms with Crippen LogP contribution in [-0.4, -0.2) is 22.9 Å². The van der Waals surface area contributed by atoms with Crippen LogP contribution in [0, 0.1) is 0 Å². The van der Waals surface area contributed by atoms with E-state index >= 15 is 0 Å². The minimum absolute atomic E-state index is 0.227. The smallest absolute Gasteiger partial charge is 0.270 e. The lowest BCUT2D eigenvalue weighted by molar-refractivity contribution is 0.0153. The Hall–Kier alpha value is -1.40. The van der Waals surface area contributed by atoms with Crippen LogP contribution in [-0.2, 0) is 11.2 Å². The van der Waals surface area contributed by atoms with Crippen molar-refractivity contribution >= 4 is 17.0 Å². The Balaban J connectivity index is 1.71. The second-order valence-electron chi connectivity index (χ2n) is 4.41. The lowest BCUT2D eigenvalue weighted by atomic mass is 10.1. The average Bonchev–Trinajstić information content (AvgIpc) is 2.99. The summed E-state index contributed by atoms with van der Waals surface area (Å²) in [6, 6.07) is 1.84. The van der Waals surface area contributed by atoms with Crippen molar-refractivity contribution in [3.05, 3.63) is 17.3 Å². The number of nitrogens with zero attached hydrogens (tertiary/aromatic N) is 2. The topological polar surface area (TPSA) is 74.2 Å². The van der Waals surface area contributed by atoms with Gasteiger partial charge >= 0.3 is 0 Å². The van der Waals surface area contributed by atoms with Crippen LogP contribution < -0.4 is 5.73 Å². The summed E-state index contributed by atoms with van der Waals surface area (Å²) in [4.78, 5) is 5.23. The molecule has 1 aliphatic rings. The fourth-order valence-electron chi connectivity index (χ4n) is 2.09. The predicted octanol–water partition coefficient (Wildman–Crippen LogP) is 2.49. The van der Waals surface area contributed by atoms with Crippen molar-refractivity contribution in [2.24, 2.45) is 0 Å². The van der Waals surface area contributed by atoms with Crippen molar-refractivity contribution in [3.8, 4) is 10.8 Å². The maximum Gasteiger partial charge on any atom is 0.270 e. The number of rotatable bonds is 3. The molecule has 5 nitrogen and oxygen atoms in total. The van der Waals surface area contributed by atoms with Gasteiger partial charge in [0.15, 0.2) is 5.82 Å². The van der Waals surface area contributed by atoms with Crippen molar-refractivity contribution in [1.82, 2.24) is 10.1 Å². The number of anilines is 1. The quantitative estimate of drug-likeness (QED) is 0.922. The second-order valence-corrected chi connectivity index (χ2v) is 5.33. The summed E-state index contributed by atoms with van der Waals surface area (Å²) in [6.45, 7) is 0.841. The Bertz CT molecular complexity index is 517. The van der Waals surface area contributed by atoms with E-state index in [2.05, 4.69) is 10.1 Å². The van der Waals surface area contributed by atoms with Gasteiger partial charge in [0.2, 0.25) is 0 Å². The summed E-state index contributed by atoms with van der Waals surface area (Å²) in [7, 11) is 0. The fraction of sp³-hybridized carbons (Fsp3) is 0.500. The van der Waals surface area contributed by atoms with Gasteiger partial charge in [-0.1, -0.05) is 5.16 Å². The number of hydrogen-bond acceptors (Lipinski definition) is 6. The molecule has 1 saturated heterocycles. The van der Waals surface area contributed by atoms with Gasteiger partial charge < -0.3 is 15.0 Å². The molecule has 0 bridgehead atoms. The van der Waals surface area contributed by atoms with E-state index in [1.54, 1.807) is 0 Å². The normalized spacial score (nSPS) is 20.1. The molecule has 96 valence electrons. The molecule has 6 heteroatoms. The zero-order valence-corrected chi connectivity index (χ0v) is 10.8. The maximum atomic E-state index is 5.82. The molecule has 2 aromatic rings. The molecule has 0 aliphatic carbocycles. The Morgan fingerprint density at radius 3 is 3.11 bits per heavy atom. The van der Waals surface area contributed by atoms with Gasteiger partial charge in [-0.05, 0) is 30.7 Å². The first kappa shape index (κ1) is 11.7. The minimum Gasteiger partial charge on any atom is -0.397 e. The molecule has 2 aromatic heterocycles. The number of aromatic nitrogens is 2. The first-order valence-corrected chi connectivity index (χ1v) is 6.98. The predicted molar refractivity (Wildman–Crippen MR) is 69.3 cm³/mol. The molecule has 0 radical (unpaired) electrons. The summed E-state index contributed by atoms with van der Waals surface area (Å²) >= 11 is 1.51. The van der Waals surface area contributed by atoms with Gasteiger partial charge in [0.25, 0.3) is 5.89 Å². The first-order valence-electron chi connectivity index (χ1n) is 6.10. The summed E-state index contributed by atoms with van der Waals surface area (Å²) < 4.78 is 10.9. The standard InChI is InChI=1S/C12H15N3O2S/c13-9-4-6-18-11(9)12-14-10(15-17-12)7-8-3-1-2-5-16-8/h4,6,8H,1-3,5,7,13H2. The third-order valence-corrected chi connectivity index (χ3v) is 3.96. The van der Waals surface area contributed by atoms with Gasteiger partial charge in [0.05, 0.1) is 11.8 Å². The van der Waals surface area contributed by atoms with Crippen molar-refractivity contribution in [2.75, 3.05) is 12.3 Å². The minimum atomic E-state index is 0.227. The SMILES string of the molecule is Nc1ccsc1-c1nc(CC2CCCCO2)no1. The molecule has 3 rings (SSSR count). The molecule has 1 unspecified atom stereocenters. The van der Waals surface area contributed by atoms with Crippen LogP contribution >= 0.6 is 11.3 Å². The van der Waals surface area contributed by atoms with E-state index in [9.17, 15) is 0 Å². The molecule has 0 amide bonds. The van der Waals surface area contributed by atoms with Crippen molar-refractivity contribution in [3.63, 3.8) is 0 Å². The van der Waals surface area contributed by atoms with Crippen LogP contribution in [0.3, 0.4) is 0 Å². The number of nitrogens with two attached hydrogens (primary N) is 1. The van der Waals surface area contributed by atoms with E-state index < -0.39 is 0 Å². The maximum absolute atomic E-state index is 5.82. The third kappa shape index (κ3) is 2.39. The van der Waals surface area contributed by atoms with Crippen LogP contribution in [0.4, 0.5) is 5.69 Å². The van der Waals surface area contributed by atoms with E-state index in [0.717, 1.165) is 30.7 Å². The summed E-state index contributed by atoms with van der Waals surface area (Å²) in [5, 5.41) is 5.91. The molecule has 1 atom stereocenters. The highest BCUT2D eigenvalue weighted by atomic mass is 32.1. The Morgan fingerprint density at radius 1 is 1.44 bits per heavy atom. The van der Waals surface area contributed by atoms with Gasteiger partial charge in [-0.2, -0.15) is 4.98 Å². The Kier molecular flexibility index (Phi) is 3.29. The second kappa shape index (κ2) is 5.07. The Morgan fingerprint density at radius 2 is 2.39 bits per heavy atom. The largest absolute Gasteiger partial charge is 0.397 e. The fourth-order valence-corrected chi connectivity index (χ4v) is 2.83. The van der Waals surface area contributed by atoms with E-state index in [1.165, 1.54) is 17.8 Å². The molecule has 18 heavy (non-hydrogen) atoms. The monoisotopic (exact) mass is 265 g/mol. The average molecular weight is 265 g/mol. The highest BCUT2D eigenvalue weighted by molar-refractivity contribution is 7.14. The van der Waals surface area contributed by atoms with Gasteiger partial charge in [-0.15, -0.1) is 11.3 Å². The number of ether oxygens (including phenoxy) is 1. The third-order valence-electron chi connectivity index (χ3n) is 3.04. The highest BCUT2D eigenvalue weighted by Crippen LogP contribution is 2.30. The summed E-state index contributed by atoms with van der Waals surface area (Å²) in [6.07, 6.45) is 4.39. The van der Waals surface area contributed by atoms with Crippen LogP contribution in [0.1, 0.15) is 25.1 Å². The Labute approximate surface area is 109 Å². The van der Waals surface area contributed by atoms with Crippen LogP contribution in [0.5, 0.6) is 0 Å². The van der Waals surface area contributed by atoms with Crippen molar-refractivity contribution in [1.29, 1.82) is 0 Å². The molecule has 1 fully saturated rings. The molecule has 1 aliphatic heterocycles. The molecule has 0 aromatic carbocycles. The van der Waals surface area contributed by atoms with Gasteiger partial charge in [0, 0.05) is 13.0 Å². The summed E-state index contributed by atoms with van der Waals surface area (Å²) in [5.41, 5.74) is 6.51. The van der Waals surface area contributed by atoms with E-state index in [0.29, 0.717) is 17.4 Å². The van der Waals surface area contributed by atoms with E-state index in [4.69, 9.17) is 15.0 Å². The van der Waals surface area contributed by atoms with Crippen LogP contribution in [0.15, 0.2) is 16.0 Å². The zero-order valence-electron chi connectivity index (χ0n) is 9.96. The number of thiophene rings is 1. The number of nitrogen functional groups attached to an aromatic ring is 1. The lowest BCUT2D eigenvalue weighted by Crippen LogP contribution is -2.21. The van der Waals surface area contributed by atoms with Gasteiger partial charge in [0.1, 0.15) is 4.88 Å². The van der Waals surface area contributed by atoms with Gasteiger partial charge in [-0.25, -0.2) is 0 Å². The van der Waals surface area contributed by atoms with Gasteiger partial charge in [-0.3, -0.25) is 0 Å². The van der Waals surface area contributed by atoms with Crippen LogP contribution in [0.2, 0.25) is 0 Å². The molecule has 0 spiro atoms.